The van der Waals surface area contributed by atoms with Gasteiger partial charge in [0.15, 0.2) is 0 Å². The maximum atomic E-state index is 12.7. The molecule has 0 aromatic carbocycles. The molecule has 2 unspecified atom stereocenters. The van der Waals surface area contributed by atoms with Gasteiger partial charge in [0.05, 0.1) is 34.4 Å². The van der Waals surface area contributed by atoms with Crippen molar-refractivity contribution in [3.8, 4) is 0 Å². The van der Waals surface area contributed by atoms with Crippen LogP contribution in [-0.2, 0) is 27.9 Å². The summed E-state index contributed by atoms with van der Waals surface area (Å²) in [5.74, 6) is -0.334. The number of ether oxygens (including phenoxy) is 2. The second kappa shape index (κ2) is 36.4. The molecule has 2 atom stereocenters. The minimum atomic E-state index is -4.28. The fraction of sp³-hybridized carbons (Fsp3) is 0.791. The van der Waals surface area contributed by atoms with Gasteiger partial charge in [-0.2, -0.15) is 0 Å². The summed E-state index contributed by atoms with van der Waals surface area (Å²) in [4.78, 5) is 22.8. The third-order valence-corrected chi connectivity index (χ3v) is 9.61. The average molecular weight is 755 g/mol. The van der Waals surface area contributed by atoms with Gasteiger partial charge in [0.25, 0.3) is 0 Å². The highest BCUT2D eigenvalue weighted by molar-refractivity contribution is 7.47. The number of nitrogens with zero attached hydrogens (tertiary/aromatic N) is 1. The van der Waals surface area contributed by atoms with Crippen LogP contribution in [0.3, 0.4) is 0 Å². The highest BCUT2D eigenvalue weighted by Gasteiger charge is 2.26. The number of phosphoric ester groups is 1. The van der Waals surface area contributed by atoms with Gasteiger partial charge >= 0.3 is 13.8 Å². The molecule has 0 amide bonds. The Morgan fingerprint density at radius 2 is 1.12 bits per heavy atom. The van der Waals surface area contributed by atoms with Gasteiger partial charge in [0, 0.05) is 13.0 Å². The van der Waals surface area contributed by atoms with E-state index in [-0.39, 0.29) is 25.8 Å². The van der Waals surface area contributed by atoms with E-state index >= 15 is 0 Å². The van der Waals surface area contributed by atoms with Crippen molar-refractivity contribution >= 4 is 13.8 Å². The van der Waals surface area contributed by atoms with Crippen LogP contribution in [0.4, 0.5) is 0 Å². The van der Waals surface area contributed by atoms with Gasteiger partial charge < -0.3 is 18.9 Å². The Hall–Kier alpha value is -1.54. The third-order valence-electron chi connectivity index (χ3n) is 8.62. The first kappa shape index (κ1) is 50.5. The molecular weight excluding hydrogens is 673 g/mol. The molecule has 0 aromatic heterocycles. The summed E-state index contributed by atoms with van der Waals surface area (Å²) < 4.78 is 34.9. The molecule has 0 fully saturated rings. The summed E-state index contributed by atoms with van der Waals surface area (Å²) >= 11 is 0. The predicted octanol–water partition coefficient (Wildman–Crippen LogP) is 12.0. The van der Waals surface area contributed by atoms with Crippen LogP contribution in [0, 0.1) is 0 Å². The van der Waals surface area contributed by atoms with Crippen LogP contribution in [0.5, 0.6) is 0 Å². The highest BCUT2D eigenvalue weighted by atomic mass is 31.2. The van der Waals surface area contributed by atoms with Gasteiger partial charge in [-0.1, -0.05) is 133 Å². The second-order valence-corrected chi connectivity index (χ2v) is 16.4. The monoisotopic (exact) mass is 755 g/mol. The molecule has 0 heterocycles. The summed E-state index contributed by atoms with van der Waals surface area (Å²) in [5.41, 5.74) is 0. The van der Waals surface area contributed by atoms with Crippen LogP contribution < -0.4 is 0 Å². The van der Waals surface area contributed by atoms with Gasteiger partial charge in [-0.3, -0.25) is 13.8 Å². The van der Waals surface area contributed by atoms with E-state index in [4.69, 9.17) is 18.5 Å². The lowest BCUT2D eigenvalue weighted by molar-refractivity contribution is -0.870. The Bertz CT molecular complexity index is 973. The lowest BCUT2D eigenvalue weighted by atomic mass is 10.1. The standard InChI is InChI=1S/C43H80NO7P/c1-6-8-10-12-14-16-18-20-22-24-26-28-30-32-34-36-43(45)51-42(41-50-52(46,47)49-39-37-44(3,4)5)40-48-38-35-33-31-29-27-25-23-21-19-17-15-13-11-9-7-2/h8,10,14,16,19-22,42H,6-7,9,11-13,15,17-18,23-41H2,1-5H3/p+1/b10-8-,16-14-,21-19-,22-20-. The molecule has 0 aliphatic heterocycles. The molecule has 0 saturated heterocycles. The van der Waals surface area contributed by atoms with Crippen LogP contribution in [0.15, 0.2) is 48.6 Å². The van der Waals surface area contributed by atoms with Crippen molar-refractivity contribution in [1.29, 1.82) is 0 Å². The maximum Gasteiger partial charge on any atom is 0.472 e. The van der Waals surface area contributed by atoms with Crippen LogP contribution in [0.25, 0.3) is 0 Å². The summed E-state index contributed by atoms with van der Waals surface area (Å²) in [6, 6.07) is 0. The van der Waals surface area contributed by atoms with Crippen LogP contribution >= 0.6 is 7.82 Å². The number of unbranched alkanes of at least 4 members (excludes halogenated alkanes) is 16. The molecule has 1 N–H and O–H groups in total. The first-order valence-electron chi connectivity index (χ1n) is 20.9. The summed E-state index contributed by atoms with van der Waals surface area (Å²) in [6.07, 6.45) is 42.8. The number of rotatable bonds is 38. The third kappa shape index (κ3) is 39.7. The van der Waals surface area contributed by atoms with E-state index < -0.39 is 13.9 Å². The molecule has 0 saturated carbocycles. The fourth-order valence-corrected chi connectivity index (χ4v) is 6.13. The van der Waals surface area contributed by atoms with E-state index in [2.05, 4.69) is 62.5 Å². The van der Waals surface area contributed by atoms with E-state index in [1.807, 2.05) is 21.1 Å². The van der Waals surface area contributed by atoms with Gasteiger partial charge in [-0.25, -0.2) is 4.57 Å². The minimum absolute atomic E-state index is 0.0823. The molecule has 0 rings (SSSR count). The van der Waals surface area contributed by atoms with Crippen molar-refractivity contribution < 1.29 is 37.3 Å². The normalized spacial score (nSPS) is 14.3. The molecule has 8 nitrogen and oxygen atoms in total. The van der Waals surface area contributed by atoms with Crippen molar-refractivity contribution in [2.45, 2.75) is 168 Å². The van der Waals surface area contributed by atoms with Crippen molar-refractivity contribution in [3.05, 3.63) is 48.6 Å². The number of likely N-dealkylation sites (N-methyl/N-ethyl adjacent to an activating group) is 1. The van der Waals surface area contributed by atoms with Gasteiger partial charge in [0.1, 0.15) is 19.3 Å². The van der Waals surface area contributed by atoms with Crippen molar-refractivity contribution in [2.24, 2.45) is 0 Å². The Labute approximate surface area is 320 Å². The Morgan fingerprint density at radius 3 is 1.69 bits per heavy atom. The zero-order chi connectivity index (χ0) is 38.4. The molecule has 0 spiro atoms. The largest absolute Gasteiger partial charge is 0.472 e. The lowest BCUT2D eigenvalue weighted by Gasteiger charge is -2.24. The number of esters is 1. The number of carbonyl (C=O) groups is 1. The minimum Gasteiger partial charge on any atom is -0.457 e. The molecule has 9 heteroatoms. The number of hydrogen-bond donors (Lipinski definition) is 1. The van der Waals surface area contributed by atoms with Crippen molar-refractivity contribution in [1.82, 2.24) is 0 Å². The van der Waals surface area contributed by atoms with E-state index in [0.717, 1.165) is 70.6 Å². The van der Waals surface area contributed by atoms with Crippen molar-refractivity contribution in [3.63, 3.8) is 0 Å². The number of carbonyl (C=O) groups excluding carboxylic acids is 1. The van der Waals surface area contributed by atoms with E-state index in [1.165, 1.54) is 70.6 Å². The average Bonchev–Trinajstić information content (AvgIpc) is 3.09. The van der Waals surface area contributed by atoms with E-state index in [9.17, 15) is 14.3 Å². The van der Waals surface area contributed by atoms with Crippen LogP contribution in [-0.4, -0.2) is 75.6 Å². The number of allylic oxidation sites excluding steroid dienone is 8. The summed E-state index contributed by atoms with van der Waals surface area (Å²) in [5, 5.41) is 0. The maximum absolute atomic E-state index is 12.7. The predicted molar refractivity (Wildman–Crippen MR) is 219 cm³/mol. The first-order valence-corrected chi connectivity index (χ1v) is 22.4. The van der Waals surface area contributed by atoms with Gasteiger partial charge in [-0.15, -0.1) is 0 Å². The van der Waals surface area contributed by atoms with E-state index in [0.29, 0.717) is 24.1 Å². The number of phosphoric acid groups is 1. The smallest absolute Gasteiger partial charge is 0.457 e. The molecule has 304 valence electrons. The second-order valence-electron chi connectivity index (χ2n) is 15.0. The zero-order valence-corrected chi connectivity index (χ0v) is 35.2. The zero-order valence-electron chi connectivity index (χ0n) is 34.3. The fourth-order valence-electron chi connectivity index (χ4n) is 5.38. The first-order chi connectivity index (χ1) is 25.1. The van der Waals surface area contributed by atoms with Gasteiger partial charge in [-0.05, 0) is 70.6 Å². The Morgan fingerprint density at radius 1 is 0.615 bits per heavy atom. The molecule has 0 aliphatic carbocycles. The molecule has 52 heavy (non-hydrogen) atoms. The quantitative estimate of drug-likeness (QED) is 0.0221. The topological polar surface area (TPSA) is 91.3 Å². The lowest BCUT2D eigenvalue weighted by Crippen LogP contribution is -2.37. The molecule has 0 aromatic rings. The molecule has 0 bridgehead atoms. The molecule has 0 aliphatic rings. The van der Waals surface area contributed by atoms with Gasteiger partial charge in [0.2, 0.25) is 0 Å². The summed E-state index contributed by atoms with van der Waals surface area (Å²) in [7, 11) is 1.64. The molecular formula is C43H81NO7P+. The SMILES string of the molecule is CC/C=C\C/C=C\C/C=C\CCCCCCCC(=O)OC(COCCCCCCCC/C=C\CCCCCCC)COP(=O)(O)OCC[N+](C)(C)C. The summed E-state index contributed by atoms with van der Waals surface area (Å²) in [6.45, 7) is 5.46. The van der Waals surface area contributed by atoms with Crippen molar-refractivity contribution in [2.75, 3.05) is 54.1 Å². The number of quaternary nitrogens is 1. The Balaban J connectivity index is 4.31. The van der Waals surface area contributed by atoms with Crippen LogP contribution in [0.2, 0.25) is 0 Å². The highest BCUT2D eigenvalue weighted by Crippen LogP contribution is 2.43. The van der Waals surface area contributed by atoms with E-state index in [1.54, 1.807) is 0 Å². The Kier molecular flexibility index (Phi) is 35.4. The molecule has 0 radical (unpaired) electrons. The number of hydrogen-bond acceptors (Lipinski definition) is 6. The van der Waals surface area contributed by atoms with Crippen LogP contribution in [0.1, 0.15) is 162 Å².